The SMILES string of the molecule is COc1cc(CC2C(=O)OCC2Cc2cc(OC)c3c(c2)OCO3)cc(O)c1O. The van der Waals surface area contributed by atoms with Crippen LogP contribution in [0.4, 0.5) is 0 Å². The summed E-state index contributed by atoms with van der Waals surface area (Å²) in [7, 11) is 2.97. The van der Waals surface area contributed by atoms with Crippen molar-refractivity contribution in [3.63, 3.8) is 0 Å². The van der Waals surface area contributed by atoms with Gasteiger partial charge in [0.15, 0.2) is 23.0 Å². The number of benzene rings is 2. The Kier molecular flexibility index (Phi) is 5.00. The van der Waals surface area contributed by atoms with Crippen molar-refractivity contribution in [3.05, 3.63) is 35.4 Å². The second kappa shape index (κ2) is 7.62. The number of methoxy groups -OCH3 is 2. The monoisotopic (exact) mass is 402 g/mol. The third kappa shape index (κ3) is 3.57. The molecule has 8 nitrogen and oxygen atoms in total. The summed E-state index contributed by atoms with van der Waals surface area (Å²) in [6.45, 7) is 0.455. The van der Waals surface area contributed by atoms with E-state index in [0.29, 0.717) is 42.3 Å². The first-order valence-corrected chi connectivity index (χ1v) is 9.22. The molecular weight excluding hydrogens is 380 g/mol. The van der Waals surface area contributed by atoms with Gasteiger partial charge in [0, 0.05) is 5.92 Å². The lowest BCUT2D eigenvalue weighted by atomic mass is 9.85. The quantitative estimate of drug-likeness (QED) is 0.561. The van der Waals surface area contributed by atoms with Crippen LogP contribution in [-0.4, -0.2) is 43.8 Å². The Bertz CT molecular complexity index is 939. The summed E-state index contributed by atoms with van der Waals surface area (Å²) in [4.78, 5) is 12.4. The van der Waals surface area contributed by atoms with Gasteiger partial charge in [-0.05, 0) is 48.2 Å². The Labute approximate surface area is 167 Å². The second-order valence-electron chi connectivity index (χ2n) is 7.10. The van der Waals surface area contributed by atoms with E-state index in [4.69, 9.17) is 23.7 Å². The molecule has 0 aromatic heterocycles. The van der Waals surface area contributed by atoms with E-state index in [1.807, 2.05) is 12.1 Å². The lowest BCUT2D eigenvalue weighted by Gasteiger charge is -2.17. The van der Waals surface area contributed by atoms with E-state index in [1.165, 1.54) is 13.2 Å². The van der Waals surface area contributed by atoms with Crippen LogP contribution in [0.25, 0.3) is 0 Å². The van der Waals surface area contributed by atoms with Gasteiger partial charge in [0.05, 0.1) is 26.7 Å². The minimum Gasteiger partial charge on any atom is -0.504 e. The number of hydrogen-bond acceptors (Lipinski definition) is 8. The van der Waals surface area contributed by atoms with Crippen LogP contribution in [0, 0.1) is 11.8 Å². The lowest BCUT2D eigenvalue weighted by molar-refractivity contribution is -0.141. The normalized spacial score (nSPS) is 19.9. The van der Waals surface area contributed by atoms with E-state index in [1.54, 1.807) is 13.2 Å². The molecule has 1 saturated heterocycles. The van der Waals surface area contributed by atoms with Crippen molar-refractivity contribution in [1.29, 1.82) is 0 Å². The van der Waals surface area contributed by atoms with Crippen LogP contribution in [0.5, 0.6) is 34.5 Å². The van der Waals surface area contributed by atoms with Gasteiger partial charge >= 0.3 is 5.97 Å². The summed E-state index contributed by atoms with van der Waals surface area (Å²) < 4.78 is 26.7. The molecule has 2 unspecified atom stereocenters. The first-order chi connectivity index (χ1) is 14.0. The molecule has 0 radical (unpaired) electrons. The number of aromatic hydroxyl groups is 2. The summed E-state index contributed by atoms with van der Waals surface area (Å²) in [6.07, 6.45) is 0.944. The molecule has 2 aliphatic heterocycles. The Hall–Kier alpha value is -3.29. The predicted molar refractivity (Wildman–Crippen MR) is 101 cm³/mol. The van der Waals surface area contributed by atoms with Crippen molar-refractivity contribution in [3.8, 4) is 34.5 Å². The minimum absolute atomic E-state index is 0.0606. The van der Waals surface area contributed by atoms with Gasteiger partial charge in [-0.15, -0.1) is 0 Å². The van der Waals surface area contributed by atoms with Crippen molar-refractivity contribution in [2.24, 2.45) is 11.8 Å². The van der Waals surface area contributed by atoms with E-state index in [-0.39, 0.29) is 41.8 Å². The van der Waals surface area contributed by atoms with Gasteiger partial charge in [0.1, 0.15) is 0 Å². The summed E-state index contributed by atoms with van der Waals surface area (Å²) in [5.74, 6) is 0.599. The highest BCUT2D eigenvalue weighted by molar-refractivity contribution is 5.75. The molecule has 1 fully saturated rings. The zero-order chi connectivity index (χ0) is 20.5. The zero-order valence-corrected chi connectivity index (χ0v) is 16.1. The molecule has 0 saturated carbocycles. The molecule has 2 atom stereocenters. The first-order valence-electron chi connectivity index (χ1n) is 9.22. The van der Waals surface area contributed by atoms with Crippen molar-refractivity contribution >= 4 is 5.97 Å². The highest BCUT2D eigenvalue weighted by Crippen LogP contribution is 2.43. The average Bonchev–Trinajstić information content (AvgIpc) is 3.31. The summed E-state index contributed by atoms with van der Waals surface area (Å²) in [5, 5.41) is 19.7. The molecule has 2 N–H and O–H groups in total. The number of phenolic OH excluding ortho intramolecular Hbond substituents is 2. The van der Waals surface area contributed by atoms with Crippen LogP contribution in [0.1, 0.15) is 11.1 Å². The zero-order valence-electron chi connectivity index (χ0n) is 16.1. The van der Waals surface area contributed by atoms with Crippen LogP contribution in [-0.2, 0) is 22.4 Å². The fourth-order valence-electron chi connectivity index (χ4n) is 3.84. The Morgan fingerprint density at radius 1 is 0.966 bits per heavy atom. The summed E-state index contributed by atoms with van der Waals surface area (Å²) in [6, 6.07) is 6.81. The van der Waals surface area contributed by atoms with Gasteiger partial charge in [-0.25, -0.2) is 0 Å². The Morgan fingerprint density at radius 2 is 1.69 bits per heavy atom. The maximum atomic E-state index is 12.4. The van der Waals surface area contributed by atoms with E-state index in [0.717, 1.165) is 5.56 Å². The van der Waals surface area contributed by atoms with Crippen molar-refractivity contribution in [2.45, 2.75) is 12.8 Å². The Morgan fingerprint density at radius 3 is 2.45 bits per heavy atom. The molecule has 2 aromatic carbocycles. The third-order valence-corrected chi connectivity index (χ3v) is 5.32. The van der Waals surface area contributed by atoms with Crippen LogP contribution < -0.4 is 18.9 Å². The Balaban J connectivity index is 1.56. The third-order valence-electron chi connectivity index (χ3n) is 5.32. The molecule has 8 heteroatoms. The largest absolute Gasteiger partial charge is 0.504 e. The van der Waals surface area contributed by atoms with Crippen molar-refractivity contribution in [2.75, 3.05) is 27.6 Å². The predicted octanol–water partition coefficient (Wildman–Crippen LogP) is 2.42. The maximum Gasteiger partial charge on any atom is 0.309 e. The summed E-state index contributed by atoms with van der Waals surface area (Å²) in [5.41, 5.74) is 1.62. The van der Waals surface area contributed by atoms with Gasteiger partial charge < -0.3 is 33.9 Å². The molecule has 2 heterocycles. The minimum atomic E-state index is -0.389. The summed E-state index contributed by atoms with van der Waals surface area (Å²) >= 11 is 0. The van der Waals surface area contributed by atoms with Crippen LogP contribution in [0.15, 0.2) is 24.3 Å². The standard InChI is InChI=1S/C21H22O8/c1-25-16-6-12(5-15(22)19(16)23)4-14-13(9-27-21(14)24)3-11-7-17(26-2)20-18(8-11)28-10-29-20/h5-8,13-14,22-23H,3-4,9-10H2,1-2H3. The molecular formula is C21H22O8. The number of ether oxygens (including phenoxy) is 5. The van der Waals surface area contributed by atoms with Crippen molar-refractivity contribution in [1.82, 2.24) is 0 Å². The number of carbonyl (C=O) groups excluding carboxylic acids is 1. The molecule has 0 bridgehead atoms. The van der Waals surface area contributed by atoms with E-state index in [2.05, 4.69) is 0 Å². The van der Waals surface area contributed by atoms with Crippen molar-refractivity contribution < 1.29 is 38.7 Å². The molecule has 0 amide bonds. The maximum absolute atomic E-state index is 12.4. The molecule has 2 aromatic rings. The number of cyclic esters (lactones) is 1. The number of rotatable bonds is 6. The number of hydrogen-bond donors (Lipinski definition) is 2. The van der Waals surface area contributed by atoms with Gasteiger partial charge in [-0.3, -0.25) is 4.79 Å². The fourth-order valence-corrected chi connectivity index (χ4v) is 3.84. The second-order valence-corrected chi connectivity index (χ2v) is 7.10. The highest BCUT2D eigenvalue weighted by atomic mass is 16.7. The topological polar surface area (TPSA) is 104 Å². The smallest absolute Gasteiger partial charge is 0.309 e. The van der Waals surface area contributed by atoms with E-state index < -0.39 is 0 Å². The molecule has 0 spiro atoms. The average molecular weight is 402 g/mol. The molecule has 4 rings (SSSR count). The van der Waals surface area contributed by atoms with Gasteiger partial charge in [-0.2, -0.15) is 0 Å². The highest BCUT2D eigenvalue weighted by Gasteiger charge is 2.37. The number of carbonyl (C=O) groups is 1. The number of esters is 1. The van der Waals surface area contributed by atoms with Gasteiger partial charge in [0.25, 0.3) is 0 Å². The van der Waals surface area contributed by atoms with Crippen LogP contribution in [0.2, 0.25) is 0 Å². The molecule has 0 aliphatic carbocycles. The first kappa shape index (κ1) is 19.0. The van der Waals surface area contributed by atoms with Crippen LogP contribution >= 0.6 is 0 Å². The van der Waals surface area contributed by atoms with Gasteiger partial charge in [-0.1, -0.05) is 0 Å². The van der Waals surface area contributed by atoms with Crippen LogP contribution in [0.3, 0.4) is 0 Å². The lowest BCUT2D eigenvalue weighted by Crippen LogP contribution is -2.20. The fraction of sp³-hybridized carbons (Fsp3) is 0.381. The molecule has 154 valence electrons. The molecule has 2 aliphatic rings. The molecule has 29 heavy (non-hydrogen) atoms. The van der Waals surface area contributed by atoms with Gasteiger partial charge in [0.2, 0.25) is 18.3 Å². The number of phenols is 2. The van der Waals surface area contributed by atoms with E-state index in [9.17, 15) is 15.0 Å². The van der Waals surface area contributed by atoms with E-state index >= 15 is 0 Å². The number of fused-ring (bicyclic) bond motifs is 1.